The van der Waals surface area contributed by atoms with E-state index in [1.807, 2.05) is 13.0 Å². The molecular weight excluding hydrogens is 324 g/mol. The molecule has 0 fully saturated rings. The van der Waals surface area contributed by atoms with E-state index in [0.717, 1.165) is 10.0 Å². The molecule has 0 aliphatic carbocycles. The highest BCUT2D eigenvalue weighted by atomic mass is 79.9. The van der Waals surface area contributed by atoms with Crippen LogP contribution in [0.5, 0.6) is 0 Å². The zero-order chi connectivity index (χ0) is 15.3. The number of aliphatic carboxylic acids is 1. The standard InChI is InChI=1S/C14H19BrN2O3/c1-4-14(5-2,13(19)20)7-11(18)17-12-9(3)6-10(15)8-16-12/h6,8H,4-5,7H2,1-3H3,(H,19,20)(H,16,17,18). The van der Waals surface area contributed by atoms with E-state index < -0.39 is 11.4 Å². The maximum atomic E-state index is 12.1. The number of carboxylic acids is 1. The number of nitrogens with zero attached hydrogens (tertiary/aromatic N) is 1. The predicted octanol–water partition coefficient (Wildman–Crippen LogP) is 3.37. The Balaban J connectivity index is 2.83. The van der Waals surface area contributed by atoms with Crippen molar-refractivity contribution in [3.05, 3.63) is 22.3 Å². The van der Waals surface area contributed by atoms with E-state index in [9.17, 15) is 14.7 Å². The van der Waals surface area contributed by atoms with Gasteiger partial charge in [0.15, 0.2) is 0 Å². The third-order valence-corrected chi connectivity index (χ3v) is 4.04. The summed E-state index contributed by atoms with van der Waals surface area (Å²) in [6.45, 7) is 5.40. The minimum atomic E-state index is -1.01. The van der Waals surface area contributed by atoms with Crippen molar-refractivity contribution in [1.29, 1.82) is 0 Å². The minimum Gasteiger partial charge on any atom is -0.481 e. The first-order chi connectivity index (χ1) is 9.34. The zero-order valence-corrected chi connectivity index (χ0v) is 13.5. The lowest BCUT2D eigenvalue weighted by molar-refractivity contribution is -0.151. The van der Waals surface area contributed by atoms with E-state index in [-0.39, 0.29) is 12.3 Å². The largest absolute Gasteiger partial charge is 0.481 e. The van der Waals surface area contributed by atoms with Gasteiger partial charge >= 0.3 is 5.97 Å². The van der Waals surface area contributed by atoms with Gasteiger partial charge in [-0.3, -0.25) is 9.59 Å². The highest BCUT2D eigenvalue weighted by molar-refractivity contribution is 9.10. The summed E-state index contributed by atoms with van der Waals surface area (Å²) in [7, 11) is 0. The summed E-state index contributed by atoms with van der Waals surface area (Å²) in [5, 5.41) is 12.0. The Hall–Kier alpha value is -1.43. The normalized spacial score (nSPS) is 11.2. The van der Waals surface area contributed by atoms with Gasteiger partial charge in [-0.25, -0.2) is 4.98 Å². The van der Waals surface area contributed by atoms with Crippen LogP contribution in [-0.4, -0.2) is 22.0 Å². The molecule has 0 atom stereocenters. The predicted molar refractivity (Wildman–Crippen MR) is 80.6 cm³/mol. The van der Waals surface area contributed by atoms with Crippen molar-refractivity contribution < 1.29 is 14.7 Å². The first kappa shape index (κ1) is 16.6. The third-order valence-electron chi connectivity index (χ3n) is 3.61. The van der Waals surface area contributed by atoms with Crippen molar-refractivity contribution in [2.75, 3.05) is 5.32 Å². The molecule has 1 aromatic rings. The Kier molecular flexibility index (Phi) is 5.68. The maximum absolute atomic E-state index is 12.1. The molecule has 0 aromatic carbocycles. The fourth-order valence-corrected chi connectivity index (χ4v) is 2.48. The van der Waals surface area contributed by atoms with Gasteiger partial charge in [0.1, 0.15) is 5.82 Å². The molecule has 1 amide bonds. The summed E-state index contributed by atoms with van der Waals surface area (Å²) >= 11 is 3.30. The van der Waals surface area contributed by atoms with Crippen molar-refractivity contribution in [3.63, 3.8) is 0 Å². The van der Waals surface area contributed by atoms with Crippen LogP contribution in [0.2, 0.25) is 0 Å². The Labute approximate surface area is 126 Å². The second kappa shape index (κ2) is 6.83. The molecule has 2 N–H and O–H groups in total. The Morgan fingerprint density at radius 1 is 1.40 bits per heavy atom. The van der Waals surface area contributed by atoms with Crippen molar-refractivity contribution in [3.8, 4) is 0 Å². The van der Waals surface area contributed by atoms with E-state index >= 15 is 0 Å². The van der Waals surface area contributed by atoms with Gasteiger partial charge < -0.3 is 10.4 Å². The van der Waals surface area contributed by atoms with Gasteiger partial charge in [0, 0.05) is 17.1 Å². The van der Waals surface area contributed by atoms with Crippen molar-refractivity contribution >= 4 is 33.6 Å². The SMILES string of the molecule is CCC(CC)(CC(=O)Nc1ncc(Br)cc1C)C(=O)O. The van der Waals surface area contributed by atoms with E-state index in [0.29, 0.717) is 18.7 Å². The molecule has 110 valence electrons. The summed E-state index contributed by atoms with van der Waals surface area (Å²) in [6.07, 6.45) is 2.37. The minimum absolute atomic E-state index is 0.0491. The Morgan fingerprint density at radius 3 is 2.45 bits per heavy atom. The monoisotopic (exact) mass is 342 g/mol. The average molecular weight is 343 g/mol. The molecule has 6 heteroatoms. The van der Waals surface area contributed by atoms with Crippen LogP contribution < -0.4 is 5.32 Å². The van der Waals surface area contributed by atoms with Crippen LogP contribution in [0.3, 0.4) is 0 Å². The van der Waals surface area contributed by atoms with E-state index in [1.165, 1.54) is 0 Å². The topological polar surface area (TPSA) is 79.3 Å². The van der Waals surface area contributed by atoms with Gasteiger partial charge in [0.2, 0.25) is 5.91 Å². The van der Waals surface area contributed by atoms with Gasteiger partial charge in [0.25, 0.3) is 0 Å². The van der Waals surface area contributed by atoms with Crippen molar-refractivity contribution in [2.45, 2.75) is 40.0 Å². The molecule has 5 nitrogen and oxygen atoms in total. The number of pyridine rings is 1. The number of rotatable bonds is 6. The highest BCUT2D eigenvalue weighted by Crippen LogP contribution is 2.31. The summed E-state index contributed by atoms with van der Waals surface area (Å²) in [6, 6.07) is 1.84. The van der Waals surface area contributed by atoms with E-state index in [2.05, 4.69) is 26.2 Å². The van der Waals surface area contributed by atoms with Crippen LogP contribution in [0.4, 0.5) is 5.82 Å². The molecule has 0 spiro atoms. The molecule has 0 aliphatic heterocycles. The number of carboxylic acid groups (broad SMARTS) is 1. The fourth-order valence-electron chi connectivity index (χ4n) is 2.03. The number of carbonyl (C=O) groups excluding carboxylic acids is 1. The third kappa shape index (κ3) is 3.79. The molecule has 1 aromatic heterocycles. The van der Waals surface area contributed by atoms with Gasteiger partial charge in [-0.2, -0.15) is 0 Å². The molecule has 0 radical (unpaired) electrons. The lowest BCUT2D eigenvalue weighted by Gasteiger charge is -2.25. The Morgan fingerprint density at radius 2 is 2.00 bits per heavy atom. The zero-order valence-electron chi connectivity index (χ0n) is 11.9. The number of carbonyl (C=O) groups is 2. The summed E-state index contributed by atoms with van der Waals surface area (Å²) in [4.78, 5) is 27.6. The van der Waals surface area contributed by atoms with Crippen LogP contribution >= 0.6 is 15.9 Å². The van der Waals surface area contributed by atoms with Crippen LogP contribution in [0.1, 0.15) is 38.7 Å². The fraction of sp³-hybridized carbons (Fsp3) is 0.500. The number of anilines is 1. The molecule has 20 heavy (non-hydrogen) atoms. The number of amides is 1. The number of hydrogen-bond donors (Lipinski definition) is 2. The highest BCUT2D eigenvalue weighted by Gasteiger charge is 2.37. The molecule has 1 heterocycles. The van der Waals surface area contributed by atoms with Gasteiger partial charge in [-0.15, -0.1) is 0 Å². The van der Waals surface area contributed by atoms with Gasteiger partial charge in [-0.1, -0.05) is 13.8 Å². The van der Waals surface area contributed by atoms with Crippen molar-refractivity contribution in [1.82, 2.24) is 4.98 Å². The first-order valence-corrected chi connectivity index (χ1v) is 7.29. The lowest BCUT2D eigenvalue weighted by Crippen LogP contribution is -2.34. The van der Waals surface area contributed by atoms with Gasteiger partial charge in [0.05, 0.1) is 5.41 Å². The lowest BCUT2D eigenvalue weighted by atomic mass is 9.79. The maximum Gasteiger partial charge on any atom is 0.310 e. The van der Waals surface area contributed by atoms with Crippen LogP contribution in [-0.2, 0) is 9.59 Å². The number of nitrogens with one attached hydrogen (secondary N) is 1. The molecule has 0 aliphatic rings. The second-order valence-electron chi connectivity index (χ2n) is 4.84. The van der Waals surface area contributed by atoms with Crippen molar-refractivity contribution in [2.24, 2.45) is 5.41 Å². The molecule has 0 saturated carbocycles. The quantitative estimate of drug-likeness (QED) is 0.830. The second-order valence-corrected chi connectivity index (χ2v) is 5.75. The number of aromatic nitrogens is 1. The molecule has 0 unspecified atom stereocenters. The van der Waals surface area contributed by atoms with Crippen LogP contribution in [0.15, 0.2) is 16.7 Å². The molecular formula is C14H19BrN2O3. The molecule has 0 bridgehead atoms. The summed E-state index contributed by atoms with van der Waals surface area (Å²) in [5.41, 5.74) is -0.186. The number of aryl methyl sites for hydroxylation is 1. The van der Waals surface area contributed by atoms with Crippen LogP contribution in [0.25, 0.3) is 0 Å². The average Bonchev–Trinajstić information content (AvgIpc) is 2.39. The Bertz CT molecular complexity index is 513. The number of halogens is 1. The summed E-state index contributed by atoms with van der Waals surface area (Å²) < 4.78 is 0.829. The summed E-state index contributed by atoms with van der Waals surface area (Å²) in [5.74, 6) is -0.795. The smallest absolute Gasteiger partial charge is 0.310 e. The van der Waals surface area contributed by atoms with Crippen LogP contribution in [0, 0.1) is 12.3 Å². The van der Waals surface area contributed by atoms with E-state index in [4.69, 9.17) is 0 Å². The van der Waals surface area contributed by atoms with E-state index in [1.54, 1.807) is 20.0 Å². The molecule has 0 saturated heterocycles. The first-order valence-electron chi connectivity index (χ1n) is 6.50. The number of hydrogen-bond acceptors (Lipinski definition) is 3. The molecule has 1 rings (SSSR count). The van der Waals surface area contributed by atoms with Gasteiger partial charge in [-0.05, 0) is 47.3 Å².